The molecule has 0 aromatic heterocycles. The smallest absolute Gasteiger partial charge is 0.218 e. The zero-order valence-corrected chi connectivity index (χ0v) is 10.7. The fourth-order valence-corrected chi connectivity index (χ4v) is 4.02. The highest BCUT2D eigenvalue weighted by Crippen LogP contribution is 2.22. The molecule has 2 rings (SSSR count). The fraction of sp³-hybridized carbons (Fsp3) is 0.500. The molecule has 0 amide bonds. The largest absolute Gasteiger partial charge is 0.326 e. The molecule has 0 bridgehead atoms. The van der Waals surface area contributed by atoms with Crippen molar-refractivity contribution in [3.8, 4) is 0 Å². The minimum absolute atomic E-state index is 0.0412. The van der Waals surface area contributed by atoms with E-state index >= 15 is 0 Å². The standard InChI is InChI=1S/C12H18N2O2S/c1-10-12(13)7-8-14(10)17(15,16)9-11-5-3-2-4-6-11/h2-6,10,12H,7-9,13H2,1H3. The number of nitrogens with zero attached hydrogens (tertiary/aromatic N) is 1. The Morgan fingerprint density at radius 2 is 2.00 bits per heavy atom. The maximum absolute atomic E-state index is 12.2. The van der Waals surface area contributed by atoms with Gasteiger partial charge < -0.3 is 5.73 Å². The second-order valence-corrected chi connectivity index (χ2v) is 6.47. The molecule has 94 valence electrons. The average molecular weight is 254 g/mol. The second-order valence-electron chi connectivity index (χ2n) is 4.55. The van der Waals surface area contributed by atoms with Gasteiger partial charge in [0.05, 0.1) is 5.75 Å². The van der Waals surface area contributed by atoms with E-state index in [2.05, 4.69) is 0 Å². The molecule has 1 aromatic carbocycles. The minimum Gasteiger partial charge on any atom is -0.326 e. The van der Waals surface area contributed by atoms with E-state index in [4.69, 9.17) is 5.73 Å². The summed E-state index contributed by atoms with van der Waals surface area (Å²) in [4.78, 5) is 0. The van der Waals surface area contributed by atoms with Crippen molar-refractivity contribution < 1.29 is 8.42 Å². The van der Waals surface area contributed by atoms with Crippen LogP contribution in [0.25, 0.3) is 0 Å². The van der Waals surface area contributed by atoms with Gasteiger partial charge in [-0.3, -0.25) is 0 Å². The fourth-order valence-electron chi connectivity index (χ4n) is 2.19. The lowest BCUT2D eigenvalue weighted by molar-refractivity contribution is 0.392. The van der Waals surface area contributed by atoms with Crippen molar-refractivity contribution in [2.45, 2.75) is 31.2 Å². The highest BCUT2D eigenvalue weighted by molar-refractivity contribution is 7.88. The Bertz CT molecular complexity index is 473. The minimum atomic E-state index is -3.24. The molecule has 2 atom stereocenters. The van der Waals surface area contributed by atoms with Gasteiger partial charge in [-0.1, -0.05) is 30.3 Å². The summed E-state index contributed by atoms with van der Waals surface area (Å²) in [6, 6.07) is 9.11. The molecule has 0 saturated carbocycles. The molecule has 0 radical (unpaired) electrons. The van der Waals surface area contributed by atoms with Crippen molar-refractivity contribution in [1.82, 2.24) is 4.31 Å². The molecule has 1 aromatic rings. The number of sulfonamides is 1. The van der Waals surface area contributed by atoms with E-state index in [9.17, 15) is 8.42 Å². The van der Waals surface area contributed by atoms with E-state index in [0.717, 1.165) is 12.0 Å². The van der Waals surface area contributed by atoms with Crippen LogP contribution in [0.5, 0.6) is 0 Å². The normalized spacial score (nSPS) is 26.2. The lowest BCUT2D eigenvalue weighted by Gasteiger charge is -2.22. The summed E-state index contributed by atoms with van der Waals surface area (Å²) < 4.78 is 26.0. The summed E-state index contributed by atoms with van der Waals surface area (Å²) in [5.74, 6) is 0.0604. The zero-order chi connectivity index (χ0) is 12.5. The van der Waals surface area contributed by atoms with Gasteiger partial charge in [0.1, 0.15) is 0 Å². The van der Waals surface area contributed by atoms with Gasteiger partial charge in [-0.25, -0.2) is 8.42 Å². The van der Waals surface area contributed by atoms with E-state index < -0.39 is 10.0 Å². The Balaban J connectivity index is 2.15. The maximum Gasteiger partial charge on any atom is 0.218 e. The van der Waals surface area contributed by atoms with Crippen LogP contribution in [0.4, 0.5) is 0 Å². The van der Waals surface area contributed by atoms with Gasteiger partial charge in [0.25, 0.3) is 0 Å². The molecule has 0 spiro atoms. The molecule has 5 heteroatoms. The lowest BCUT2D eigenvalue weighted by atomic mass is 10.2. The third-order valence-corrected chi connectivity index (χ3v) is 5.23. The quantitative estimate of drug-likeness (QED) is 0.873. The summed E-state index contributed by atoms with van der Waals surface area (Å²) in [6.07, 6.45) is 0.745. The first kappa shape index (κ1) is 12.5. The predicted octanol–water partition coefficient (Wildman–Crippen LogP) is 0.938. The summed E-state index contributed by atoms with van der Waals surface area (Å²) >= 11 is 0. The van der Waals surface area contributed by atoms with Crippen molar-refractivity contribution in [3.05, 3.63) is 35.9 Å². The third kappa shape index (κ3) is 2.68. The molecular formula is C12H18N2O2S. The highest BCUT2D eigenvalue weighted by atomic mass is 32.2. The molecule has 17 heavy (non-hydrogen) atoms. The van der Waals surface area contributed by atoms with Crippen LogP contribution in [0.2, 0.25) is 0 Å². The van der Waals surface area contributed by atoms with E-state index in [1.807, 2.05) is 37.3 Å². The summed E-state index contributed by atoms with van der Waals surface area (Å²) in [5.41, 5.74) is 6.67. The molecule has 4 nitrogen and oxygen atoms in total. The highest BCUT2D eigenvalue weighted by Gasteiger charge is 2.36. The van der Waals surface area contributed by atoms with Gasteiger partial charge in [0.2, 0.25) is 10.0 Å². The van der Waals surface area contributed by atoms with E-state index in [1.165, 1.54) is 4.31 Å². The number of hydrogen-bond acceptors (Lipinski definition) is 3. The topological polar surface area (TPSA) is 63.4 Å². The Kier molecular flexibility index (Phi) is 3.51. The first-order valence-corrected chi connectivity index (χ1v) is 7.40. The van der Waals surface area contributed by atoms with Gasteiger partial charge >= 0.3 is 0 Å². The molecule has 1 saturated heterocycles. The Morgan fingerprint density at radius 1 is 1.35 bits per heavy atom. The number of hydrogen-bond donors (Lipinski definition) is 1. The van der Waals surface area contributed by atoms with Crippen LogP contribution in [0.3, 0.4) is 0 Å². The van der Waals surface area contributed by atoms with Gasteiger partial charge in [0, 0.05) is 18.6 Å². The van der Waals surface area contributed by atoms with Crippen molar-refractivity contribution in [2.75, 3.05) is 6.54 Å². The van der Waals surface area contributed by atoms with Crippen LogP contribution in [0.1, 0.15) is 18.9 Å². The third-order valence-electron chi connectivity index (χ3n) is 3.31. The molecule has 0 aliphatic carbocycles. The zero-order valence-electron chi connectivity index (χ0n) is 9.91. The summed E-state index contributed by atoms with van der Waals surface area (Å²) in [7, 11) is -3.24. The molecular weight excluding hydrogens is 236 g/mol. The van der Waals surface area contributed by atoms with Crippen molar-refractivity contribution in [2.24, 2.45) is 5.73 Å². The van der Waals surface area contributed by atoms with Gasteiger partial charge in [-0.05, 0) is 18.9 Å². The van der Waals surface area contributed by atoms with E-state index in [-0.39, 0.29) is 17.8 Å². The van der Waals surface area contributed by atoms with Crippen LogP contribution in [-0.2, 0) is 15.8 Å². The van der Waals surface area contributed by atoms with Crippen LogP contribution < -0.4 is 5.73 Å². The van der Waals surface area contributed by atoms with Crippen LogP contribution in [0, 0.1) is 0 Å². The Hall–Kier alpha value is -0.910. The summed E-state index contributed by atoms with van der Waals surface area (Å²) in [6.45, 7) is 2.41. The first-order chi connectivity index (χ1) is 8.00. The van der Waals surface area contributed by atoms with Crippen LogP contribution in [0.15, 0.2) is 30.3 Å². The van der Waals surface area contributed by atoms with Crippen molar-refractivity contribution in [1.29, 1.82) is 0 Å². The first-order valence-electron chi connectivity index (χ1n) is 5.80. The second kappa shape index (κ2) is 4.76. The molecule has 2 unspecified atom stereocenters. The number of benzene rings is 1. The summed E-state index contributed by atoms with van der Waals surface area (Å²) in [5, 5.41) is 0. The molecule has 2 N–H and O–H groups in total. The van der Waals surface area contributed by atoms with E-state index in [0.29, 0.717) is 6.54 Å². The number of rotatable bonds is 3. The molecule has 1 aliphatic rings. The monoisotopic (exact) mass is 254 g/mol. The lowest BCUT2D eigenvalue weighted by Crippen LogP contribution is -2.40. The van der Waals surface area contributed by atoms with Crippen LogP contribution in [-0.4, -0.2) is 31.4 Å². The van der Waals surface area contributed by atoms with Gasteiger partial charge in [-0.15, -0.1) is 0 Å². The average Bonchev–Trinajstić information content (AvgIpc) is 2.61. The number of nitrogens with two attached hydrogens (primary N) is 1. The van der Waals surface area contributed by atoms with Gasteiger partial charge in [-0.2, -0.15) is 4.31 Å². The Labute approximate surface area is 102 Å². The predicted molar refractivity (Wildman–Crippen MR) is 67.8 cm³/mol. The van der Waals surface area contributed by atoms with Gasteiger partial charge in [0.15, 0.2) is 0 Å². The maximum atomic E-state index is 12.2. The molecule has 1 aliphatic heterocycles. The molecule has 1 heterocycles. The SMILES string of the molecule is CC1C(N)CCN1S(=O)(=O)Cc1ccccc1. The molecule has 1 fully saturated rings. The van der Waals surface area contributed by atoms with Crippen molar-refractivity contribution in [3.63, 3.8) is 0 Å². The van der Waals surface area contributed by atoms with Crippen LogP contribution >= 0.6 is 0 Å². The van der Waals surface area contributed by atoms with Crippen molar-refractivity contribution >= 4 is 10.0 Å². The van der Waals surface area contributed by atoms with E-state index in [1.54, 1.807) is 0 Å². The Morgan fingerprint density at radius 3 is 2.53 bits per heavy atom.